The van der Waals surface area contributed by atoms with Crippen molar-refractivity contribution in [3.63, 3.8) is 0 Å². The smallest absolute Gasteiger partial charge is 0.136 e. The fourth-order valence-electron chi connectivity index (χ4n) is 3.01. The Morgan fingerprint density at radius 1 is 0.917 bits per heavy atom. The number of hydrogen-bond donors (Lipinski definition) is 1. The van der Waals surface area contributed by atoms with Crippen molar-refractivity contribution in [2.24, 2.45) is 0 Å². The number of fused-ring (bicyclic) bond motifs is 1. The molecule has 0 fully saturated rings. The maximum absolute atomic E-state index is 5.70. The van der Waals surface area contributed by atoms with Crippen LogP contribution in [0.4, 0.5) is 0 Å². The molecule has 0 aliphatic rings. The molecule has 0 saturated carbocycles. The van der Waals surface area contributed by atoms with Crippen LogP contribution >= 0.6 is 0 Å². The zero-order valence-corrected chi connectivity index (χ0v) is 13.7. The Bertz CT molecular complexity index is 1000. The molecule has 3 heteroatoms. The second kappa shape index (κ2) is 5.85. The lowest BCUT2D eigenvalue weighted by Gasteiger charge is -2.10. The van der Waals surface area contributed by atoms with Crippen LogP contribution in [-0.2, 0) is 0 Å². The molecule has 1 aromatic heterocycles. The second-order valence-corrected chi connectivity index (χ2v) is 5.90. The summed E-state index contributed by atoms with van der Waals surface area (Å²) < 4.78 is 5.70. The molecular formula is C21H18N2O. The summed E-state index contributed by atoms with van der Waals surface area (Å²) in [6.45, 7) is 2.08. The second-order valence-electron chi connectivity index (χ2n) is 5.90. The van der Waals surface area contributed by atoms with E-state index in [4.69, 9.17) is 4.74 Å². The minimum atomic E-state index is 0.868. The van der Waals surface area contributed by atoms with Crippen molar-refractivity contribution in [3.8, 4) is 28.3 Å². The van der Waals surface area contributed by atoms with E-state index in [2.05, 4.69) is 71.7 Å². The first kappa shape index (κ1) is 14.5. The van der Waals surface area contributed by atoms with E-state index < -0.39 is 0 Å². The lowest BCUT2D eigenvalue weighted by Crippen LogP contribution is -1.90. The van der Waals surface area contributed by atoms with Crippen LogP contribution in [0.1, 0.15) is 5.56 Å². The van der Waals surface area contributed by atoms with Crippen LogP contribution in [0.25, 0.3) is 33.3 Å². The Labute approximate surface area is 140 Å². The van der Waals surface area contributed by atoms with E-state index in [1.165, 1.54) is 5.56 Å². The molecule has 0 spiro atoms. The number of aromatic amines is 1. The van der Waals surface area contributed by atoms with Gasteiger partial charge in [0.2, 0.25) is 0 Å². The normalized spacial score (nSPS) is 10.9. The van der Waals surface area contributed by atoms with Crippen molar-refractivity contribution in [2.45, 2.75) is 6.92 Å². The third kappa shape index (κ3) is 2.44. The summed E-state index contributed by atoms with van der Waals surface area (Å²) in [5.41, 5.74) is 5.24. The van der Waals surface area contributed by atoms with Gasteiger partial charge in [-0.05, 0) is 24.4 Å². The van der Waals surface area contributed by atoms with Gasteiger partial charge in [-0.1, -0.05) is 60.2 Å². The SMILES string of the molecule is COc1c(-c2cc(-c3ccc(C)cc3)n[nH]2)ccc2ccccc12. The van der Waals surface area contributed by atoms with E-state index in [1.54, 1.807) is 7.11 Å². The molecule has 0 aliphatic carbocycles. The molecule has 0 aliphatic heterocycles. The number of hydrogen-bond acceptors (Lipinski definition) is 2. The number of rotatable bonds is 3. The Morgan fingerprint density at radius 2 is 1.71 bits per heavy atom. The maximum Gasteiger partial charge on any atom is 0.136 e. The van der Waals surface area contributed by atoms with Gasteiger partial charge in [-0.3, -0.25) is 5.10 Å². The van der Waals surface area contributed by atoms with Gasteiger partial charge in [-0.25, -0.2) is 0 Å². The van der Waals surface area contributed by atoms with Gasteiger partial charge in [-0.2, -0.15) is 5.10 Å². The highest BCUT2D eigenvalue weighted by molar-refractivity contribution is 5.94. The molecule has 3 aromatic carbocycles. The third-order valence-electron chi connectivity index (χ3n) is 4.30. The van der Waals surface area contributed by atoms with Crippen LogP contribution in [0.15, 0.2) is 66.7 Å². The minimum absolute atomic E-state index is 0.868. The Kier molecular flexibility index (Phi) is 3.54. The van der Waals surface area contributed by atoms with Crippen LogP contribution in [-0.4, -0.2) is 17.3 Å². The minimum Gasteiger partial charge on any atom is -0.495 e. The summed E-state index contributed by atoms with van der Waals surface area (Å²) in [5.74, 6) is 0.868. The average molecular weight is 314 g/mol. The van der Waals surface area contributed by atoms with Crippen molar-refractivity contribution in [1.29, 1.82) is 0 Å². The summed E-state index contributed by atoms with van der Waals surface area (Å²) >= 11 is 0. The van der Waals surface area contributed by atoms with Crippen molar-refractivity contribution in [3.05, 3.63) is 72.3 Å². The summed E-state index contributed by atoms with van der Waals surface area (Å²) in [5, 5.41) is 9.88. The number of benzene rings is 3. The molecule has 0 radical (unpaired) electrons. The van der Waals surface area contributed by atoms with Crippen LogP contribution < -0.4 is 4.74 Å². The van der Waals surface area contributed by atoms with E-state index in [-0.39, 0.29) is 0 Å². The summed E-state index contributed by atoms with van der Waals surface area (Å²) in [6, 6.07) is 22.9. The Morgan fingerprint density at radius 3 is 2.50 bits per heavy atom. The molecule has 118 valence electrons. The summed E-state index contributed by atoms with van der Waals surface area (Å²) in [4.78, 5) is 0. The van der Waals surface area contributed by atoms with Crippen LogP contribution in [0.2, 0.25) is 0 Å². The Balaban J connectivity index is 1.82. The van der Waals surface area contributed by atoms with Crippen molar-refractivity contribution in [2.75, 3.05) is 7.11 Å². The van der Waals surface area contributed by atoms with Gasteiger partial charge in [0.25, 0.3) is 0 Å². The molecular weight excluding hydrogens is 296 g/mol. The van der Waals surface area contributed by atoms with Gasteiger partial charge in [0.05, 0.1) is 18.5 Å². The molecule has 1 heterocycles. The van der Waals surface area contributed by atoms with Gasteiger partial charge in [0.1, 0.15) is 5.75 Å². The number of nitrogens with one attached hydrogen (secondary N) is 1. The van der Waals surface area contributed by atoms with Gasteiger partial charge < -0.3 is 4.74 Å². The zero-order chi connectivity index (χ0) is 16.5. The monoisotopic (exact) mass is 314 g/mol. The predicted octanol–water partition coefficient (Wildman–Crippen LogP) is 5.21. The van der Waals surface area contributed by atoms with Crippen molar-refractivity contribution in [1.82, 2.24) is 10.2 Å². The predicted molar refractivity (Wildman–Crippen MR) is 98.3 cm³/mol. The van der Waals surface area contributed by atoms with Gasteiger partial charge in [0, 0.05) is 16.5 Å². The average Bonchev–Trinajstić information content (AvgIpc) is 3.11. The first-order chi connectivity index (χ1) is 11.8. The lowest BCUT2D eigenvalue weighted by atomic mass is 10.0. The van der Waals surface area contributed by atoms with Crippen molar-refractivity contribution < 1.29 is 4.74 Å². The summed E-state index contributed by atoms with van der Waals surface area (Å²) in [7, 11) is 1.71. The molecule has 0 amide bonds. The molecule has 0 bridgehead atoms. The fraction of sp³-hybridized carbons (Fsp3) is 0.0952. The van der Waals surface area contributed by atoms with E-state index in [0.717, 1.165) is 39.0 Å². The number of aryl methyl sites for hydroxylation is 1. The maximum atomic E-state index is 5.70. The number of ether oxygens (including phenoxy) is 1. The number of aromatic nitrogens is 2. The molecule has 3 nitrogen and oxygen atoms in total. The molecule has 24 heavy (non-hydrogen) atoms. The highest BCUT2D eigenvalue weighted by Crippen LogP contribution is 2.36. The van der Waals surface area contributed by atoms with E-state index in [0.29, 0.717) is 0 Å². The molecule has 4 aromatic rings. The van der Waals surface area contributed by atoms with E-state index >= 15 is 0 Å². The highest BCUT2D eigenvalue weighted by atomic mass is 16.5. The topological polar surface area (TPSA) is 37.9 Å². The van der Waals surface area contributed by atoms with Crippen molar-refractivity contribution >= 4 is 10.8 Å². The van der Waals surface area contributed by atoms with Gasteiger partial charge in [0.15, 0.2) is 0 Å². The first-order valence-electron chi connectivity index (χ1n) is 7.95. The first-order valence-corrected chi connectivity index (χ1v) is 7.95. The van der Waals surface area contributed by atoms with Crippen LogP contribution in [0.5, 0.6) is 5.75 Å². The number of methoxy groups -OCH3 is 1. The molecule has 4 rings (SSSR count). The zero-order valence-electron chi connectivity index (χ0n) is 13.7. The molecule has 1 N–H and O–H groups in total. The highest BCUT2D eigenvalue weighted by Gasteiger charge is 2.13. The Hall–Kier alpha value is -3.07. The van der Waals surface area contributed by atoms with Gasteiger partial charge >= 0.3 is 0 Å². The molecule has 0 atom stereocenters. The standard InChI is InChI=1S/C21H18N2O/c1-14-7-9-16(10-8-14)19-13-20(23-22-19)18-12-11-15-5-3-4-6-17(15)21(18)24-2/h3-13H,1-2H3,(H,22,23). The fourth-order valence-corrected chi connectivity index (χ4v) is 3.01. The largest absolute Gasteiger partial charge is 0.495 e. The van der Waals surface area contributed by atoms with Crippen LogP contribution in [0, 0.1) is 6.92 Å². The lowest BCUT2D eigenvalue weighted by molar-refractivity contribution is 0.421. The molecule has 0 saturated heterocycles. The van der Waals surface area contributed by atoms with E-state index in [1.807, 2.05) is 12.1 Å². The quantitative estimate of drug-likeness (QED) is 0.563. The molecule has 0 unspecified atom stereocenters. The number of nitrogens with zero attached hydrogens (tertiary/aromatic N) is 1. The number of H-pyrrole nitrogens is 1. The summed E-state index contributed by atoms with van der Waals surface area (Å²) in [6.07, 6.45) is 0. The van der Waals surface area contributed by atoms with Gasteiger partial charge in [-0.15, -0.1) is 0 Å². The van der Waals surface area contributed by atoms with E-state index in [9.17, 15) is 0 Å². The van der Waals surface area contributed by atoms with Crippen LogP contribution in [0.3, 0.4) is 0 Å². The third-order valence-corrected chi connectivity index (χ3v) is 4.30.